The molecule has 2 aromatic rings. The van der Waals surface area contributed by atoms with Crippen LogP contribution < -0.4 is 5.32 Å². The van der Waals surface area contributed by atoms with Crippen LogP contribution in [0.25, 0.3) is 0 Å². The van der Waals surface area contributed by atoms with E-state index >= 15 is 0 Å². The lowest BCUT2D eigenvalue weighted by Gasteiger charge is -2.02. The van der Waals surface area contributed by atoms with Gasteiger partial charge in [-0.2, -0.15) is 5.10 Å². The molecule has 0 atom stereocenters. The van der Waals surface area contributed by atoms with Crippen molar-refractivity contribution in [1.82, 2.24) is 19.7 Å². The number of aromatic amines is 1. The summed E-state index contributed by atoms with van der Waals surface area (Å²) in [6, 6.07) is 1.98. The molecule has 2 N–H and O–H groups in total. The molecule has 0 saturated heterocycles. The summed E-state index contributed by atoms with van der Waals surface area (Å²) in [4.78, 5) is 6.87. The van der Waals surface area contributed by atoms with Crippen molar-refractivity contribution in [3.8, 4) is 0 Å². The molecule has 0 amide bonds. The molecule has 5 heteroatoms. The van der Waals surface area contributed by atoms with E-state index in [0.29, 0.717) is 0 Å². The maximum atomic E-state index is 4.07. The van der Waals surface area contributed by atoms with Crippen molar-refractivity contribution < 1.29 is 0 Å². The molecule has 68 valence electrons. The number of imidazole rings is 1. The molecule has 0 radical (unpaired) electrons. The molecule has 0 aromatic carbocycles. The molecule has 5 nitrogen and oxygen atoms in total. The average Bonchev–Trinajstić information content (AvgIpc) is 2.72. The van der Waals surface area contributed by atoms with Crippen molar-refractivity contribution in [2.45, 2.75) is 6.54 Å². The van der Waals surface area contributed by atoms with E-state index in [0.717, 1.165) is 18.1 Å². The summed E-state index contributed by atoms with van der Waals surface area (Å²) >= 11 is 0. The molecule has 2 heterocycles. The van der Waals surface area contributed by atoms with Crippen molar-refractivity contribution in [3.63, 3.8) is 0 Å². The van der Waals surface area contributed by atoms with Gasteiger partial charge < -0.3 is 10.3 Å². The van der Waals surface area contributed by atoms with Gasteiger partial charge in [-0.05, 0) is 6.07 Å². The minimum Gasteiger partial charge on any atom is -0.365 e. The van der Waals surface area contributed by atoms with E-state index in [1.54, 1.807) is 18.7 Å². The number of nitrogens with one attached hydrogen (secondary N) is 2. The van der Waals surface area contributed by atoms with E-state index in [-0.39, 0.29) is 0 Å². The third-order valence-electron chi connectivity index (χ3n) is 1.88. The van der Waals surface area contributed by atoms with Gasteiger partial charge in [-0.25, -0.2) is 4.98 Å². The Labute approximate surface area is 75.8 Å². The molecular weight excluding hydrogens is 166 g/mol. The molecule has 0 saturated carbocycles. The molecule has 2 aromatic heterocycles. The Bertz CT molecular complexity index is 362. The summed E-state index contributed by atoms with van der Waals surface area (Å²) in [7, 11) is 1.92. The van der Waals surface area contributed by atoms with Crippen molar-refractivity contribution in [3.05, 3.63) is 30.5 Å². The molecule has 0 fully saturated rings. The fraction of sp³-hybridized carbons (Fsp3) is 0.250. The third-order valence-corrected chi connectivity index (χ3v) is 1.88. The fourth-order valence-electron chi connectivity index (χ4n) is 1.11. The van der Waals surface area contributed by atoms with Gasteiger partial charge in [0.1, 0.15) is 5.82 Å². The molecule has 13 heavy (non-hydrogen) atoms. The first-order valence-corrected chi connectivity index (χ1v) is 4.05. The van der Waals surface area contributed by atoms with Gasteiger partial charge in [-0.15, -0.1) is 0 Å². The van der Waals surface area contributed by atoms with Crippen molar-refractivity contribution in [1.29, 1.82) is 0 Å². The van der Waals surface area contributed by atoms with Gasteiger partial charge in [0, 0.05) is 13.2 Å². The first-order valence-electron chi connectivity index (χ1n) is 4.05. The van der Waals surface area contributed by atoms with Crippen LogP contribution in [0.3, 0.4) is 0 Å². The number of H-pyrrole nitrogens is 1. The summed E-state index contributed by atoms with van der Waals surface area (Å²) in [5.41, 5.74) is 1.13. The number of anilines is 1. The number of aromatic nitrogens is 4. The smallest absolute Gasteiger partial charge is 0.123 e. The molecule has 0 spiro atoms. The Morgan fingerprint density at radius 3 is 3.15 bits per heavy atom. The Balaban J connectivity index is 1.97. The lowest BCUT2D eigenvalue weighted by Crippen LogP contribution is -2.05. The molecule has 2 rings (SSSR count). The van der Waals surface area contributed by atoms with Crippen molar-refractivity contribution >= 4 is 5.82 Å². The van der Waals surface area contributed by atoms with Crippen LogP contribution in [0.1, 0.15) is 5.69 Å². The number of hydrogen-bond acceptors (Lipinski definition) is 3. The van der Waals surface area contributed by atoms with E-state index in [2.05, 4.69) is 20.4 Å². The zero-order valence-electron chi connectivity index (χ0n) is 7.36. The summed E-state index contributed by atoms with van der Waals surface area (Å²) in [5.74, 6) is 0.918. The van der Waals surface area contributed by atoms with E-state index in [9.17, 15) is 0 Å². The summed E-state index contributed by atoms with van der Waals surface area (Å²) in [6.07, 6.45) is 5.17. The molecular formula is C8H11N5. The minimum atomic E-state index is 0.749. The molecule has 0 unspecified atom stereocenters. The number of nitrogens with zero attached hydrogens (tertiary/aromatic N) is 3. The number of aryl methyl sites for hydroxylation is 1. The molecule has 0 aliphatic rings. The average molecular weight is 177 g/mol. The van der Waals surface area contributed by atoms with Crippen LogP contribution in [0.5, 0.6) is 0 Å². The summed E-state index contributed by atoms with van der Waals surface area (Å²) in [6.45, 7) is 0.749. The van der Waals surface area contributed by atoms with E-state index in [1.807, 2.05) is 17.8 Å². The summed E-state index contributed by atoms with van der Waals surface area (Å²) < 4.78 is 1.84. The second kappa shape index (κ2) is 3.30. The Morgan fingerprint density at radius 2 is 2.54 bits per heavy atom. The third kappa shape index (κ3) is 1.69. The highest BCUT2D eigenvalue weighted by atomic mass is 15.3. The topological polar surface area (TPSA) is 58.5 Å². The van der Waals surface area contributed by atoms with Crippen LogP contribution in [-0.4, -0.2) is 19.7 Å². The van der Waals surface area contributed by atoms with E-state index in [1.165, 1.54) is 0 Å². The Morgan fingerprint density at radius 1 is 1.62 bits per heavy atom. The highest BCUT2D eigenvalue weighted by Crippen LogP contribution is 2.02. The standard InChI is InChI=1S/C8H11N5/c1-13-7(2-3-12-13)4-10-8-5-9-6-11-8/h2-3,5-6,10H,4H2,1H3,(H,9,11). The maximum Gasteiger partial charge on any atom is 0.123 e. The highest BCUT2D eigenvalue weighted by Gasteiger charge is 1.97. The predicted molar refractivity (Wildman–Crippen MR) is 49.1 cm³/mol. The van der Waals surface area contributed by atoms with Crippen molar-refractivity contribution in [2.24, 2.45) is 7.05 Å². The predicted octanol–water partition coefficient (Wildman–Crippen LogP) is 0.755. The van der Waals surface area contributed by atoms with Gasteiger partial charge in [0.25, 0.3) is 0 Å². The minimum absolute atomic E-state index is 0.749. The van der Waals surface area contributed by atoms with Gasteiger partial charge in [0.15, 0.2) is 0 Å². The largest absolute Gasteiger partial charge is 0.365 e. The van der Waals surface area contributed by atoms with Crippen LogP contribution in [0.2, 0.25) is 0 Å². The highest BCUT2D eigenvalue weighted by molar-refractivity contribution is 5.30. The number of rotatable bonds is 3. The first kappa shape index (κ1) is 7.85. The second-order valence-electron chi connectivity index (χ2n) is 2.76. The van der Waals surface area contributed by atoms with E-state index < -0.39 is 0 Å². The monoisotopic (exact) mass is 177 g/mol. The zero-order valence-corrected chi connectivity index (χ0v) is 7.36. The lowest BCUT2D eigenvalue weighted by atomic mass is 10.4. The molecule has 0 bridgehead atoms. The van der Waals surface area contributed by atoms with Gasteiger partial charge in [0.05, 0.1) is 24.8 Å². The lowest BCUT2D eigenvalue weighted by molar-refractivity contribution is 0.720. The van der Waals surface area contributed by atoms with E-state index in [4.69, 9.17) is 0 Å². The Hall–Kier alpha value is -1.78. The SMILES string of the molecule is Cn1nccc1CNc1cnc[nH]1. The van der Waals surface area contributed by atoms with Crippen LogP contribution in [0, 0.1) is 0 Å². The van der Waals surface area contributed by atoms with Gasteiger partial charge >= 0.3 is 0 Å². The quantitative estimate of drug-likeness (QED) is 0.727. The van der Waals surface area contributed by atoms with Gasteiger partial charge in [-0.3, -0.25) is 4.68 Å². The number of hydrogen-bond donors (Lipinski definition) is 2. The van der Waals surface area contributed by atoms with Crippen LogP contribution in [-0.2, 0) is 13.6 Å². The zero-order chi connectivity index (χ0) is 9.10. The van der Waals surface area contributed by atoms with Crippen LogP contribution in [0.4, 0.5) is 5.82 Å². The van der Waals surface area contributed by atoms with Crippen LogP contribution in [0.15, 0.2) is 24.8 Å². The van der Waals surface area contributed by atoms with Gasteiger partial charge in [-0.1, -0.05) is 0 Å². The first-order chi connectivity index (χ1) is 6.36. The summed E-state index contributed by atoms with van der Waals surface area (Å²) in [5, 5.41) is 7.26. The normalized spacial score (nSPS) is 10.2. The second-order valence-corrected chi connectivity index (χ2v) is 2.76. The van der Waals surface area contributed by atoms with Gasteiger partial charge in [0.2, 0.25) is 0 Å². The van der Waals surface area contributed by atoms with Crippen molar-refractivity contribution in [2.75, 3.05) is 5.32 Å². The Kier molecular flexibility index (Phi) is 1.99. The fourth-order valence-corrected chi connectivity index (χ4v) is 1.11. The maximum absolute atomic E-state index is 4.07. The van der Waals surface area contributed by atoms with Crippen LogP contribution >= 0.6 is 0 Å². The molecule has 0 aliphatic carbocycles. The molecule has 0 aliphatic heterocycles.